The SMILES string of the molecule is COc1ccc(COC(=O)CC[C@H](NC(=O)N[C@@H](CSC(c2ccccc2)(c2ccccc2)c2ccccc2)C(=O)OCc2ccc(OC)cc2)C(=O)OCc2ccc(OC)cc2)cc1. The molecule has 0 radical (unpaired) electrons. The Labute approximate surface area is 383 Å². The highest BCUT2D eigenvalue weighted by Crippen LogP contribution is 2.48. The Bertz CT molecular complexity index is 2320. The van der Waals surface area contributed by atoms with Gasteiger partial charge in [0.1, 0.15) is 49.2 Å². The predicted octanol–water partition coefficient (Wildman–Crippen LogP) is 8.78. The molecular formula is C52H52N2O10S. The van der Waals surface area contributed by atoms with Crippen LogP contribution in [0, 0.1) is 0 Å². The van der Waals surface area contributed by atoms with E-state index < -0.39 is 40.8 Å². The van der Waals surface area contributed by atoms with Crippen LogP contribution in [0.15, 0.2) is 164 Å². The molecule has 6 rings (SSSR count). The lowest BCUT2D eigenvalue weighted by Gasteiger charge is -2.36. The molecule has 2 atom stereocenters. The first-order valence-electron chi connectivity index (χ1n) is 21.0. The Kier molecular flexibility index (Phi) is 17.4. The van der Waals surface area contributed by atoms with Crippen LogP contribution in [0.1, 0.15) is 46.2 Å². The summed E-state index contributed by atoms with van der Waals surface area (Å²) in [5.74, 6) is -0.100. The number of methoxy groups -OCH3 is 3. The van der Waals surface area contributed by atoms with Gasteiger partial charge in [0.2, 0.25) is 0 Å². The number of thioether (sulfide) groups is 1. The first kappa shape index (κ1) is 47.2. The van der Waals surface area contributed by atoms with Gasteiger partial charge in [-0.15, -0.1) is 11.8 Å². The van der Waals surface area contributed by atoms with E-state index in [1.54, 1.807) is 94.1 Å². The zero-order chi connectivity index (χ0) is 45.9. The number of hydrogen-bond acceptors (Lipinski definition) is 11. The van der Waals surface area contributed by atoms with E-state index in [4.69, 9.17) is 28.4 Å². The number of nitrogens with one attached hydrogen (secondary N) is 2. The second kappa shape index (κ2) is 24.0. The third kappa shape index (κ3) is 13.4. The summed E-state index contributed by atoms with van der Waals surface area (Å²) in [5.41, 5.74) is 4.99. The van der Waals surface area contributed by atoms with Crippen LogP contribution in [-0.2, 0) is 53.2 Å². The molecule has 0 aliphatic heterocycles. The quantitative estimate of drug-likeness (QED) is 0.0383. The van der Waals surface area contributed by atoms with Crippen LogP contribution in [0.3, 0.4) is 0 Å². The van der Waals surface area contributed by atoms with E-state index >= 15 is 0 Å². The van der Waals surface area contributed by atoms with Crippen molar-refractivity contribution in [3.8, 4) is 17.2 Å². The lowest BCUT2D eigenvalue weighted by atomic mass is 9.84. The second-order valence-corrected chi connectivity index (χ2v) is 16.0. The highest BCUT2D eigenvalue weighted by atomic mass is 32.2. The third-order valence-corrected chi connectivity index (χ3v) is 12.1. The van der Waals surface area contributed by atoms with Gasteiger partial charge in [-0.3, -0.25) is 4.79 Å². The molecule has 336 valence electrons. The number of rotatable bonds is 22. The molecule has 0 saturated carbocycles. The molecule has 0 saturated heterocycles. The van der Waals surface area contributed by atoms with Gasteiger partial charge in [0.15, 0.2) is 0 Å². The van der Waals surface area contributed by atoms with Crippen molar-refractivity contribution in [3.63, 3.8) is 0 Å². The Morgan fingerprint density at radius 1 is 0.477 bits per heavy atom. The lowest BCUT2D eigenvalue weighted by molar-refractivity contribution is -0.149. The third-order valence-electron chi connectivity index (χ3n) is 10.5. The molecular weight excluding hydrogens is 845 g/mol. The van der Waals surface area contributed by atoms with Crippen molar-refractivity contribution < 1.29 is 47.6 Å². The predicted molar refractivity (Wildman–Crippen MR) is 249 cm³/mol. The zero-order valence-electron chi connectivity index (χ0n) is 36.5. The molecule has 12 nitrogen and oxygen atoms in total. The van der Waals surface area contributed by atoms with Crippen LogP contribution < -0.4 is 24.8 Å². The molecule has 0 aromatic heterocycles. The number of urea groups is 1. The molecule has 0 aliphatic carbocycles. The molecule has 0 bridgehead atoms. The molecule has 0 spiro atoms. The number of ether oxygens (including phenoxy) is 6. The molecule has 0 fully saturated rings. The molecule has 2 amide bonds. The van der Waals surface area contributed by atoms with Crippen LogP contribution in [0.2, 0.25) is 0 Å². The number of carbonyl (C=O) groups is 4. The summed E-state index contributed by atoms with van der Waals surface area (Å²) in [4.78, 5) is 55.0. The molecule has 65 heavy (non-hydrogen) atoms. The van der Waals surface area contributed by atoms with Gasteiger partial charge in [0.05, 0.1) is 26.1 Å². The largest absolute Gasteiger partial charge is 0.497 e. The summed E-state index contributed by atoms with van der Waals surface area (Å²) >= 11 is 1.46. The number of hydrogen-bond donors (Lipinski definition) is 2. The van der Waals surface area contributed by atoms with Crippen molar-refractivity contribution >= 4 is 35.7 Å². The lowest BCUT2D eigenvalue weighted by Crippen LogP contribution is -2.53. The summed E-state index contributed by atoms with van der Waals surface area (Å²) in [7, 11) is 4.68. The van der Waals surface area contributed by atoms with Crippen LogP contribution >= 0.6 is 11.8 Å². The van der Waals surface area contributed by atoms with Crippen LogP contribution in [0.5, 0.6) is 17.2 Å². The molecule has 6 aromatic carbocycles. The molecule has 13 heteroatoms. The Balaban J connectivity index is 1.24. The fraction of sp³-hybridized carbons (Fsp3) is 0.231. The standard InChI is InChI=1S/C52H52N2O10S/c1-59-43-25-19-37(20-26-43)33-62-48(55)32-31-46(49(56)63-34-38-21-27-44(60-2)28-22-38)53-51(58)54-47(50(57)64-35-39-23-29-45(61-3)30-24-39)36-65-52(40-13-7-4-8-14-40,41-15-9-5-10-16-41)42-17-11-6-12-18-42/h4-30,46-47H,31-36H2,1-3H3,(H2,53,54,58)/t46-,47-/m0/s1. The van der Waals surface area contributed by atoms with Gasteiger partial charge in [-0.2, -0.15) is 0 Å². The monoisotopic (exact) mass is 896 g/mol. The molecule has 0 heterocycles. The number of benzene rings is 6. The Morgan fingerprint density at radius 3 is 1.22 bits per heavy atom. The molecule has 6 aromatic rings. The molecule has 0 unspecified atom stereocenters. The number of esters is 3. The minimum Gasteiger partial charge on any atom is -0.497 e. The van der Waals surface area contributed by atoms with Gasteiger partial charge < -0.3 is 39.1 Å². The van der Waals surface area contributed by atoms with E-state index in [-0.39, 0.29) is 38.4 Å². The van der Waals surface area contributed by atoms with Crippen molar-refractivity contribution in [2.45, 2.75) is 49.5 Å². The second-order valence-electron chi connectivity index (χ2n) is 14.8. The van der Waals surface area contributed by atoms with E-state index in [0.29, 0.717) is 28.4 Å². The maximum atomic E-state index is 14.2. The zero-order valence-corrected chi connectivity index (χ0v) is 37.3. The van der Waals surface area contributed by atoms with Gasteiger partial charge in [-0.05, 0) is 76.2 Å². The van der Waals surface area contributed by atoms with Crippen molar-refractivity contribution in [1.82, 2.24) is 10.6 Å². The van der Waals surface area contributed by atoms with Crippen molar-refractivity contribution in [3.05, 3.63) is 197 Å². The van der Waals surface area contributed by atoms with E-state index in [1.807, 2.05) is 91.0 Å². The smallest absolute Gasteiger partial charge is 0.329 e. The highest BCUT2D eigenvalue weighted by Gasteiger charge is 2.39. The maximum Gasteiger partial charge on any atom is 0.329 e. The fourth-order valence-corrected chi connectivity index (χ4v) is 8.47. The average Bonchev–Trinajstić information content (AvgIpc) is 3.36. The Morgan fingerprint density at radius 2 is 0.831 bits per heavy atom. The average molecular weight is 897 g/mol. The van der Waals surface area contributed by atoms with Gasteiger partial charge in [0.25, 0.3) is 0 Å². The van der Waals surface area contributed by atoms with Crippen LogP contribution in [0.25, 0.3) is 0 Å². The minimum absolute atomic E-state index is 0.00224. The van der Waals surface area contributed by atoms with Gasteiger partial charge in [-0.1, -0.05) is 127 Å². The van der Waals surface area contributed by atoms with Crippen molar-refractivity contribution in [2.75, 3.05) is 27.1 Å². The topological polar surface area (TPSA) is 148 Å². The van der Waals surface area contributed by atoms with Crippen molar-refractivity contribution in [2.24, 2.45) is 0 Å². The van der Waals surface area contributed by atoms with E-state index in [0.717, 1.165) is 22.3 Å². The van der Waals surface area contributed by atoms with Gasteiger partial charge in [-0.25, -0.2) is 14.4 Å². The summed E-state index contributed by atoms with van der Waals surface area (Å²) in [5, 5.41) is 5.48. The van der Waals surface area contributed by atoms with Crippen LogP contribution in [0.4, 0.5) is 4.79 Å². The number of amides is 2. The van der Waals surface area contributed by atoms with E-state index in [2.05, 4.69) is 10.6 Å². The first-order chi connectivity index (χ1) is 31.7. The summed E-state index contributed by atoms with van der Waals surface area (Å²) in [6.07, 6.45) is -0.382. The molecule has 2 N–H and O–H groups in total. The summed E-state index contributed by atoms with van der Waals surface area (Å²) < 4.78 is 31.9. The maximum absolute atomic E-state index is 14.2. The highest BCUT2D eigenvalue weighted by molar-refractivity contribution is 8.00. The summed E-state index contributed by atoms with van der Waals surface area (Å²) in [6.45, 7) is -0.187. The fourth-order valence-electron chi connectivity index (χ4n) is 6.93. The van der Waals surface area contributed by atoms with Gasteiger partial charge >= 0.3 is 23.9 Å². The van der Waals surface area contributed by atoms with Crippen molar-refractivity contribution in [1.29, 1.82) is 0 Å². The van der Waals surface area contributed by atoms with E-state index in [1.165, 1.54) is 11.8 Å². The van der Waals surface area contributed by atoms with Crippen LogP contribution in [-0.4, -0.2) is 63.1 Å². The minimum atomic E-state index is -1.30. The number of carbonyl (C=O) groups excluding carboxylic acids is 4. The first-order valence-corrected chi connectivity index (χ1v) is 21.9. The normalized spacial score (nSPS) is 11.9. The summed E-state index contributed by atoms with van der Waals surface area (Å²) in [6, 6.07) is 47.6. The van der Waals surface area contributed by atoms with Gasteiger partial charge in [0, 0.05) is 12.2 Å². The van der Waals surface area contributed by atoms with E-state index in [9.17, 15) is 19.2 Å². The molecule has 0 aliphatic rings. The Hall–Kier alpha value is -7.25.